The summed E-state index contributed by atoms with van der Waals surface area (Å²) >= 11 is 0. The van der Waals surface area contributed by atoms with E-state index in [0.29, 0.717) is 6.42 Å². The number of ether oxygens (including phenoxy) is 2. The van der Waals surface area contributed by atoms with E-state index >= 15 is 0 Å². The van der Waals surface area contributed by atoms with Gasteiger partial charge in [-0.25, -0.2) is 0 Å². The molecule has 0 spiro atoms. The summed E-state index contributed by atoms with van der Waals surface area (Å²) < 4.78 is 11.3. The van der Waals surface area contributed by atoms with E-state index in [4.69, 9.17) is 9.47 Å². The number of aliphatic hydroxyl groups is 5. The van der Waals surface area contributed by atoms with Gasteiger partial charge in [0.15, 0.2) is 6.29 Å². The van der Waals surface area contributed by atoms with E-state index in [2.05, 4.69) is 79.9 Å². The molecule has 9 nitrogen and oxygen atoms in total. The summed E-state index contributed by atoms with van der Waals surface area (Å²) in [5, 5.41) is 54.7. The summed E-state index contributed by atoms with van der Waals surface area (Å²) in [4.78, 5) is 13.1. The van der Waals surface area contributed by atoms with Crippen molar-refractivity contribution in [1.29, 1.82) is 0 Å². The van der Waals surface area contributed by atoms with E-state index in [-0.39, 0.29) is 12.5 Å². The Morgan fingerprint density at radius 2 is 0.775 bits per heavy atom. The minimum Gasteiger partial charge on any atom is -0.394 e. The van der Waals surface area contributed by atoms with Crippen LogP contribution in [0.3, 0.4) is 0 Å². The molecule has 466 valence electrons. The van der Waals surface area contributed by atoms with Gasteiger partial charge in [-0.15, -0.1) is 0 Å². The molecule has 0 aromatic rings. The van der Waals surface area contributed by atoms with Crippen molar-refractivity contribution in [3.05, 3.63) is 72.9 Å². The van der Waals surface area contributed by atoms with Gasteiger partial charge in [-0.3, -0.25) is 4.79 Å². The van der Waals surface area contributed by atoms with Crippen LogP contribution in [0.25, 0.3) is 0 Å². The van der Waals surface area contributed by atoms with Crippen molar-refractivity contribution in [1.82, 2.24) is 5.32 Å². The molecule has 0 saturated carbocycles. The van der Waals surface area contributed by atoms with E-state index in [1.807, 2.05) is 6.08 Å². The molecule has 0 radical (unpaired) electrons. The minimum absolute atomic E-state index is 0.173. The van der Waals surface area contributed by atoms with Crippen molar-refractivity contribution >= 4 is 5.91 Å². The minimum atomic E-state index is -1.57. The predicted molar refractivity (Wildman–Crippen MR) is 341 cm³/mol. The molecule has 7 unspecified atom stereocenters. The zero-order valence-electron chi connectivity index (χ0n) is 52.1. The molecule has 1 aliphatic rings. The Morgan fingerprint density at radius 1 is 0.438 bits per heavy atom. The molecule has 7 atom stereocenters. The van der Waals surface area contributed by atoms with Crippen molar-refractivity contribution < 1.29 is 39.8 Å². The topological polar surface area (TPSA) is 149 Å². The standard InChI is InChI=1S/C71H129NO8/c1-3-5-7-9-11-13-15-17-19-21-23-25-27-28-29-30-31-32-33-34-35-36-37-38-39-41-43-45-47-49-51-53-55-57-59-61-67(75)72-64(63-79-71-70(78)69(77)68(76)66(62-73)80-71)65(74)60-58-56-54-52-50-48-46-44-42-40-26-24-22-20-18-16-14-12-10-8-6-4-2/h5,7,11,13,17,19,23,25,28-29,58,60,64-66,68-71,73-74,76-78H,3-4,6,8-10,12,14-16,18,20-22,24,26-27,30-57,59,61-63H2,1-2H3,(H,72,75)/b7-5-,13-11-,19-17-,25-23-,29-28-,60-58+. The van der Waals surface area contributed by atoms with E-state index < -0.39 is 49.5 Å². The smallest absolute Gasteiger partial charge is 0.220 e. The second-order valence-corrected chi connectivity index (χ2v) is 23.6. The highest BCUT2D eigenvalue weighted by atomic mass is 16.7. The van der Waals surface area contributed by atoms with Crippen LogP contribution in [0.2, 0.25) is 0 Å². The Bertz CT molecular complexity index is 1490. The van der Waals surface area contributed by atoms with Crippen LogP contribution < -0.4 is 5.32 Å². The zero-order chi connectivity index (χ0) is 57.9. The Labute approximate surface area is 493 Å². The third kappa shape index (κ3) is 48.0. The van der Waals surface area contributed by atoms with Gasteiger partial charge in [0.05, 0.1) is 25.4 Å². The number of carbonyl (C=O) groups is 1. The second-order valence-electron chi connectivity index (χ2n) is 23.6. The quantitative estimate of drug-likeness (QED) is 0.0261. The van der Waals surface area contributed by atoms with E-state index in [9.17, 15) is 30.3 Å². The molecule has 0 bridgehead atoms. The summed E-state index contributed by atoms with van der Waals surface area (Å²) in [6.45, 7) is 3.70. The molecule has 1 fully saturated rings. The number of unbranched alkanes of at least 4 members (excludes halogenated alkanes) is 39. The number of allylic oxidation sites excluding steroid dienone is 11. The van der Waals surface area contributed by atoms with Gasteiger partial charge in [-0.2, -0.15) is 0 Å². The fourth-order valence-electron chi connectivity index (χ4n) is 10.7. The first-order chi connectivity index (χ1) is 39.3. The highest BCUT2D eigenvalue weighted by Crippen LogP contribution is 2.23. The van der Waals surface area contributed by atoms with Crippen LogP contribution in [0, 0.1) is 0 Å². The Hall–Kier alpha value is -2.37. The summed E-state index contributed by atoms with van der Waals surface area (Å²) in [6.07, 6.45) is 77.1. The fourth-order valence-corrected chi connectivity index (χ4v) is 10.7. The first kappa shape index (κ1) is 75.6. The van der Waals surface area contributed by atoms with Crippen molar-refractivity contribution in [3.63, 3.8) is 0 Å². The third-order valence-corrected chi connectivity index (χ3v) is 16.0. The van der Waals surface area contributed by atoms with Gasteiger partial charge >= 0.3 is 0 Å². The second kappa shape index (κ2) is 59.8. The van der Waals surface area contributed by atoms with Gasteiger partial charge in [0, 0.05) is 6.42 Å². The lowest BCUT2D eigenvalue weighted by Gasteiger charge is -2.40. The van der Waals surface area contributed by atoms with Gasteiger partial charge in [-0.05, 0) is 64.2 Å². The van der Waals surface area contributed by atoms with Crippen LogP contribution in [-0.4, -0.2) is 87.5 Å². The lowest BCUT2D eigenvalue weighted by Crippen LogP contribution is -2.60. The number of carbonyl (C=O) groups excluding carboxylic acids is 1. The highest BCUT2D eigenvalue weighted by molar-refractivity contribution is 5.76. The zero-order valence-corrected chi connectivity index (χ0v) is 52.1. The van der Waals surface area contributed by atoms with Gasteiger partial charge in [0.25, 0.3) is 0 Å². The maximum Gasteiger partial charge on any atom is 0.220 e. The van der Waals surface area contributed by atoms with E-state index in [1.165, 1.54) is 225 Å². The van der Waals surface area contributed by atoms with Crippen molar-refractivity contribution in [2.45, 2.75) is 358 Å². The van der Waals surface area contributed by atoms with E-state index in [1.54, 1.807) is 6.08 Å². The van der Waals surface area contributed by atoms with Crippen LogP contribution in [0.5, 0.6) is 0 Å². The first-order valence-corrected chi connectivity index (χ1v) is 34.2. The third-order valence-electron chi connectivity index (χ3n) is 16.0. The van der Waals surface area contributed by atoms with Crippen molar-refractivity contribution in [2.75, 3.05) is 13.2 Å². The Morgan fingerprint density at radius 3 is 1.15 bits per heavy atom. The van der Waals surface area contributed by atoms with Gasteiger partial charge in [0.1, 0.15) is 24.4 Å². The molecule has 0 aromatic heterocycles. The van der Waals surface area contributed by atoms with Crippen LogP contribution in [0.1, 0.15) is 316 Å². The van der Waals surface area contributed by atoms with Crippen LogP contribution >= 0.6 is 0 Å². The molecule has 1 amide bonds. The molecule has 80 heavy (non-hydrogen) atoms. The number of rotatable bonds is 59. The largest absolute Gasteiger partial charge is 0.394 e. The molecule has 9 heteroatoms. The highest BCUT2D eigenvalue weighted by Gasteiger charge is 2.44. The summed E-state index contributed by atoms with van der Waals surface area (Å²) in [7, 11) is 0. The Balaban J connectivity index is 2.12. The average molecular weight is 1120 g/mol. The fraction of sp³-hybridized carbons (Fsp3) is 0.817. The Kier molecular flexibility index (Phi) is 56.5. The summed E-state index contributed by atoms with van der Waals surface area (Å²) in [5.41, 5.74) is 0. The SMILES string of the molecule is CC/C=C\C/C=C\C/C=C\C/C=C\C/C=C\CCCCCCCCCCCCCCCCCCCCCC(=O)NC(COC1OC(CO)C(O)C(O)C1O)C(O)/C=C/CCCCCCCCCCCCCCCCCCCCCC. The number of hydrogen-bond acceptors (Lipinski definition) is 8. The molecule has 1 saturated heterocycles. The van der Waals surface area contributed by atoms with Gasteiger partial charge < -0.3 is 40.3 Å². The van der Waals surface area contributed by atoms with Crippen molar-refractivity contribution in [2.24, 2.45) is 0 Å². The van der Waals surface area contributed by atoms with Gasteiger partial charge in [0.2, 0.25) is 5.91 Å². The molecule has 0 aromatic carbocycles. The normalized spacial score (nSPS) is 18.9. The molecular formula is C71H129NO8. The van der Waals surface area contributed by atoms with Crippen LogP contribution in [0.4, 0.5) is 0 Å². The lowest BCUT2D eigenvalue weighted by molar-refractivity contribution is -0.302. The van der Waals surface area contributed by atoms with E-state index in [0.717, 1.165) is 70.6 Å². The van der Waals surface area contributed by atoms with Crippen molar-refractivity contribution in [3.8, 4) is 0 Å². The predicted octanol–water partition coefficient (Wildman–Crippen LogP) is 18.4. The summed E-state index contributed by atoms with van der Waals surface area (Å²) in [5.74, 6) is -0.173. The number of aliphatic hydroxyl groups excluding tert-OH is 5. The van der Waals surface area contributed by atoms with Crippen LogP contribution in [-0.2, 0) is 14.3 Å². The average Bonchev–Trinajstić information content (AvgIpc) is 3.46. The molecule has 1 heterocycles. The maximum atomic E-state index is 13.1. The molecule has 0 aliphatic carbocycles. The molecule has 6 N–H and O–H groups in total. The molecule has 1 rings (SSSR count). The number of amides is 1. The maximum absolute atomic E-state index is 13.1. The first-order valence-electron chi connectivity index (χ1n) is 34.2. The van der Waals surface area contributed by atoms with Gasteiger partial charge in [-0.1, -0.05) is 318 Å². The summed E-state index contributed by atoms with van der Waals surface area (Å²) in [6, 6.07) is -0.807. The monoisotopic (exact) mass is 1120 g/mol. The molecular weight excluding hydrogens is 995 g/mol. The molecule has 1 aliphatic heterocycles. The number of hydrogen-bond donors (Lipinski definition) is 6. The number of nitrogens with one attached hydrogen (secondary N) is 1. The van der Waals surface area contributed by atoms with Crippen LogP contribution in [0.15, 0.2) is 72.9 Å². The lowest BCUT2D eigenvalue weighted by atomic mass is 9.99.